The molecular weight excluding hydrogens is 434 g/mol. The van der Waals surface area contributed by atoms with E-state index >= 15 is 0 Å². The van der Waals surface area contributed by atoms with Gasteiger partial charge in [-0.15, -0.1) is 5.10 Å². The van der Waals surface area contributed by atoms with Crippen LogP contribution in [0.2, 0.25) is 5.02 Å². The molecule has 166 valence electrons. The van der Waals surface area contributed by atoms with Gasteiger partial charge in [0.25, 0.3) is 5.95 Å². The van der Waals surface area contributed by atoms with Crippen molar-refractivity contribution in [2.75, 3.05) is 10.6 Å². The zero-order valence-corrected chi connectivity index (χ0v) is 18.7. The van der Waals surface area contributed by atoms with Crippen molar-refractivity contribution in [1.82, 2.24) is 14.8 Å². The fourth-order valence-electron chi connectivity index (χ4n) is 4.19. The van der Waals surface area contributed by atoms with Crippen LogP contribution in [0.3, 0.4) is 0 Å². The van der Waals surface area contributed by atoms with Crippen LogP contribution in [0, 0.1) is 0 Å². The Hall–Kier alpha value is -3.64. The summed E-state index contributed by atoms with van der Waals surface area (Å²) in [7, 11) is 0. The topological polar surface area (TPSA) is 71.8 Å². The minimum atomic E-state index is -0.107. The van der Waals surface area contributed by atoms with Gasteiger partial charge in [0.2, 0.25) is 11.9 Å². The van der Waals surface area contributed by atoms with Gasteiger partial charge >= 0.3 is 0 Å². The molecule has 0 saturated heterocycles. The Morgan fingerprint density at radius 1 is 0.970 bits per heavy atom. The Bertz CT molecular complexity index is 1220. The first-order valence-corrected chi connectivity index (χ1v) is 11.4. The maximum Gasteiger partial charge on any atom is 0.250 e. The molecule has 5 rings (SSSR count). The third-order valence-electron chi connectivity index (χ3n) is 5.88. The largest absolute Gasteiger partial charge is 0.347 e. The zero-order valence-electron chi connectivity index (χ0n) is 18.0. The maximum atomic E-state index is 12.5. The number of hydrogen-bond donors (Lipinski definition) is 2. The molecule has 1 amide bonds. The number of aryl methyl sites for hydroxylation is 1. The van der Waals surface area contributed by atoms with Gasteiger partial charge in [-0.1, -0.05) is 84.4 Å². The summed E-state index contributed by atoms with van der Waals surface area (Å²) in [5.41, 5.74) is 3.40. The Morgan fingerprint density at radius 2 is 1.67 bits per heavy atom. The van der Waals surface area contributed by atoms with Crippen molar-refractivity contribution in [3.8, 4) is 0 Å². The molecule has 1 aromatic heterocycles. The minimum Gasteiger partial charge on any atom is -0.347 e. The van der Waals surface area contributed by atoms with E-state index in [9.17, 15) is 4.79 Å². The number of fused-ring (bicyclic) bond motifs is 1. The maximum absolute atomic E-state index is 12.5. The van der Waals surface area contributed by atoms with Crippen LogP contribution in [0.4, 0.5) is 11.9 Å². The summed E-state index contributed by atoms with van der Waals surface area (Å²) in [5.74, 6) is 0.834. The minimum absolute atomic E-state index is 0.0359. The molecule has 6 nitrogen and oxygen atoms in total. The first-order valence-electron chi connectivity index (χ1n) is 11.0. The average Bonchev–Trinajstić information content (AvgIpc) is 3.26. The van der Waals surface area contributed by atoms with Gasteiger partial charge in [-0.25, -0.2) is 4.68 Å². The summed E-state index contributed by atoms with van der Waals surface area (Å²) >= 11 is 6.12. The van der Waals surface area contributed by atoms with Crippen LogP contribution in [-0.4, -0.2) is 20.7 Å². The van der Waals surface area contributed by atoms with Crippen LogP contribution in [0.25, 0.3) is 0 Å². The lowest BCUT2D eigenvalue weighted by molar-refractivity contribution is -0.116. The predicted octanol–water partition coefficient (Wildman–Crippen LogP) is 5.65. The monoisotopic (exact) mass is 457 g/mol. The molecule has 0 aliphatic carbocycles. The molecule has 0 radical (unpaired) electrons. The van der Waals surface area contributed by atoms with Crippen LogP contribution in [0.5, 0.6) is 0 Å². The second-order valence-electron chi connectivity index (χ2n) is 8.15. The van der Waals surface area contributed by atoms with Crippen LogP contribution in [-0.2, 0) is 11.2 Å². The van der Waals surface area contributed by atoms with Gasteiger partial charge in [0, 0.05) is 11.4 Å². The molecule has 0 spiro atoms. The van der Waals surface area contributed by atoms with Crippen LogP contribution >= 0.6 is 11.6 Å². The number of hydrogen-bond acceptors (Lipinski definition) is 4. The van der Waals surface area contributed by atoms with Gasteiger partial charge in [0.1, 0.15) is 0 Å². The highest BCUT2D eigenvalue weighted by atomic mass is 35.5. The normalized spacial score (nSPS) is 17.1. The lowest BCUT2D eigenvalue weighted by Crippen LogP contribution is -2.28. The fraction of sp³-hybridized carbons (Fsp3) is 0.192. The van der Waals surface area contributed by atoms with E-state index in [1.54, 1.807) is 0 Å². The molecule has 2 heterocycles. The molecule has 3 aromatic carbocycles. The van der Waals surface area contributed by atoms with Crippen molar-refractivity contribution >= 4 is 29.4 Å². The first kappa shape index (κ1) is 21.2. The number of carbonyl (C=O) groups is 1. The van der Waals surface area contributed by atoms with E-state index in [0.29, 0.717) is 29.8 Å². The van der Waals surface area contributed by atoms with Crippen LogP contribution in [0.1, 0.15) is 41.6 Å². The second kappa shape index (κ2) is 9.46. The van der Waals surface area contributed by atoms with Gasteiger partial charge in [0.05, 0.1) is 12.1 Å². The number of carbonyl (C=O) groups excluding carboxylic acids is 1. The van der Waals surface area contributed by atoms with Gasteiger partial charge in [0.15, 0.2) is 0 Å². The van der Waals surface area contributed by atoms with Crippen molar-refractivity contribution in [3.05, 3.63) is 107 Å². The Labute approximate surface area is 197 Å². The highest BCUT2D eigenvalue weighted by Gasteiger charge is 2.31. The molecule has 33 heavy (non-hydrogen) atoms. The highest BCUT2D eigenvalue weighted by Crippen LogP contribution is 2.38. The third kappa shape index (κ3) is 4.91. The van der Waals surface area contributed by atoms with Crippen LogP contribution in [0.15, 0.2) is 84.9 Å². The van der Waals surface area contributed by atoms with Crippen molar-refractivity contribution in [2.45, 2.75) is 31.3 Å². The van der Waals surface area contributed by atoms with E-state index in [-0.39, 0.29) is 18.0 Å². The number of nitrogens with one attached hydrogen (secondary N) is 2. The molecule has 0 saturated carbocycles. The molecular formula is C26H24ClN5O. The van der Waals surface area contributed by atoms with E-state index in [1.165, 1.54) is 5.56 Å². The average molecular weight is 458 g/mol. The number of anilines is 2. The second-order valence-corrected chi connectivity index (χ2v) is 8.58. The molecule has 0 unspecified atom stereocenters. The predicted molar refractivity (Wildman–Crippen MR) is 130 cm³/mol. The van der Waals surface area contributed by atoms with Gasteiger partial charge in [-0.2, -0.15) is 4.98 Å². The number of amides is 1. The molecule has 1 aliphatic heterocycles. The van der Waals surface area contributed by atoms with E-state index in [2.05, 4.69) is 32.8 Å². The summed E-state index contributed by atoms with van der Waals surface area (Å²) in [5, 5.41) is 11.7. The van der Waals surface area contributed by atoms with Crippen molar-refractivity contribution in [2.24, 2.45) is 0 Å². The fourth-order valence-corrected chi connectivity index (χ4v) is 4.31. The summed E-state index contributed by atoms with van der Waals surface area (Å²) in [4.78, 5) is 17.1. The standard InChI is InChI=1S/C26H24ClN5O/c27-21-14-12-20(13-15-21)23-17-22(19-9-5-2-6-10-19)28-26-30-25(31-32(23)26)29-24(33)16-11-18-7-3-1-4-8-18/h1-10,12-15,22-23H,11,16-17H2,(H2,28,29,30,31,33)/t22-,23+/m1/s1. The number of halogens is 1. The van der Waals surface area contributed by atoms with E-state index in [4.69, 9.17) is 11.6 Å². The van der Waals surface area contributed by atoms with Crippen LogP contribution < -0.4 is 10.6 Å². The quantitative estimate of drug-likeness (QED) is 0.392. The van der Waals surface area contributed by atoms with E-state index in [1.807, 2.05) is 77.5 Å². The number of aromatic nitrogens is 3. The SMILES string of the molecule is O=C(CCc1ccccc1)Nc1nc2n(n1)[C@H](c1ccc(Cl)cc1)C[C@H](c1ccccc1)N2. The van der Waals surface area contributed by atoms with Gasteiger partial charge < -0.3 is 5.32 Å². The molecule has 0 fully saturated rings. The Morgan fingerprint density at radius 3 is 2.39 bits per heavy atom. The lowest BCUT2D eigenvalue weighted by atomic mass is 9.93. The van der Waals surface area contributed by atoms with Gasteiger partial charge in [-0.3, -0.25) is 10.1 Å². The number of benzene rings is 3. The van der Waals surface area contributed by atoms with E-state index in [0.717, 1.165) is 17.5 Å². The molecule has 2 N–H and O–H groups in total. The highest BCUT2D eigenvalue weighted by molar-refractivity contribution is 6.30. The molecule has 7 heteroatoms. The Kier molecular flexibility index (Phi) is 6.09. The molecule has 2 atom stereocenters. The molecule has 1 aliphatic rings. The smallest absolute Gasteiger partial charge is 0.250 e. The first-order chi connectivity index (χ1) is 16.2. The zero-order chi connectivity index (χ0) is 22.6. The summed E-state index contributed by atoms with van der Waals surface area (Å²) in [6.45, 7) is 0. The molecule has 4 aromatic rings. The summed E-state index contributed by atoms with van der Waals surface area (Å²) in [6.07, 6.45) is 1.83. The molecule has 0 bridgehead atoms. The van der Waals surface area contributed by atoms with Crippen molar-refractivity contribution < 1.29 is 4.79 Å². The third-order valence-corrected chi connectivity index (χ3v) is 6.13. The van der Waals surface area contributed by atoms with Gasteiger partial charge in [-0.05, 0) is 41.7 Å². The van der Waals surface area contributed by atoms with Crippen molar-refractivity contribution in [1.29, 1.82) is 0 Å². The number of rotatable bonds is 6. The Balaban J connectivity index is 1.38. The summed E-state index contributed by atoms with van der Waals surface area (Å²) in [6, 6.07) is 28.1. The van der Waals surface area contributed by atoms with Crippen molar-refractivity contribution in [3.63, 3.8) is 0 Å². The number of nitrogens with zero attached hydrogens (tertiary/aromatic N) is 3. The van der Waals surface area contributed by atoms with E-state index < -0.39 is 0 Å². The lowest BCUT2D eigenvalue weighted by Gasteiger charge is -2.31. The summed E-state index contributed by atoms with van der Waals surface area (Å²) < 4.78 is 1.86.